The molecule has 0 aliphatic heterocycles. The van der Waals surface area contributed by atoms with Gasteiger partial charge in [-0.15, -0.1) is 0 Å². The number of carbonyl (C=O) groups excluding carboxylic acids is 1. The normalized spacial score (nSPS) is 11.6. The summed E-state index contributed by atoms with van der Waals surface area (Å²) in [6.45, 7) is 5.97. The van der Waals surface area contributed by atoms with Crippen LogP contribution in [0.1, 0.15) is 29.7 Å². The number of amides is 1. The van der Waals surface area contributed by atoms with Gasteiger partial charge in [-0.1, -0.05) is 23.8 Å². The summed E-state index contributed by atoms with van der Waals surface area (Å²) in [6, 6.07) is 11.3. The van der Waals surface area contributed by atoms with E-state index < -0.39 is 0 Å². The van der Waals surface area contributed by atoms with E-state index in [-0.39, 0.29) is 18.6 Å². The van der Waals surface area contributed by atoms with Crippen LogP contribution in [0.3, 0.4) is 0 Å². The summed E-state index contributed by atoms with van der Waals surface area (Å²) >= 11 is 0. The van der Waals surface area contributed by atoms with Gasteiger partial charge in [0.25, 0.3) is 5.91 Å². The van der Waals surface area contributed by atoms with E-state index in [9.17, 15) is 4.79 Å². The highest BCUT2D eigenvalue weighted by molar-refractivity contribution is 5.78. The van der Waals surface area contributed by atoms with Crippen molar-refractivity contribution in [3.63, 3.8) is 0 Å². The number of hydrogen-bond acceptors (Lipinski definition) is 4. The van der Waals surface area contributed by atoms with Gasteiger partial charge in [0.15, 0.2) is 6.61 Å². The molecular formula is C20H25NO4. The minimum atomic E-state index is -0.185. The highest BCUT2D eigenvalue weighted by Crippen LogP contribution is 2.27. The molecule has 25 heavy (non-hydrogen) atoms. The maximum Gasteiger partial charge on any atom is 0.258 e. The van der Waals surface area contributed by atoms with Crippen LogP contribution in [0.4, 0.5) is 0 Å². The van der Waals surface area contributed by atoms with Gasteiger partial charge >= 0.3 is 0 Å². The fourth-order valence-corrected chi connectivity index (χ4v) is 2.60. The number of benzene rings is 2. The van der Waals surface area contributed by atoms with Gasteiger partial charge in [0.1, 0.15) is 17.2 Å². The van der Waals surface area contributed by atoms with Crippen molar-refractivity contribution in [3.05, 3.63) is 53.1 Å². The summed E-state index contributed by atoms with van der Waals surface area (Å²) < 4.78 is 16.0. The van der Waals surface area contributed by atoms with Gasteiger partial charge in [-0.2, -0.15) is 0 Å². The molecule has 2 rings (SSSR count). The van der Waals surface area contributed by atoms with Gasteiger partial charge in [0.2, 0.25) is 0 Å². The Bertz CT molecular complexity index is 720. The minimum absolute atomic E-state index is 0.0779. The lowest BCUT2D eigenvalue weighted by atomic mass is 10.00. The molecule has 0 saturated heterocycles. The van der Waals surface area contributed by atoms with E-state index in [4.69, 9.17) is 14.2 Å². The summed E-state index contributed by atoms with van der Waals surface area (Å²) in [5.41, 5.74) is 3.43. The molecule has 0 saturated carbocycles. The van der Waals surface area contributed by atoms with Crippen molar-refractivity contribution in [2.24, 2.45) is 0 Å². The zero-order valence-electron chi connectivity index (χ0n) is 15.4. The first-order valence-corrected chi connectivity index (χ1v) is 8.15. The molecule has 0 aromatic heterocycles. The second-order valence-corrected chi connectivity index (χ2v) is 5.99. The molecule has 2 aromatic rings. The Morgan fingerprint density at radius 3 is 2.20 bits per heavy atom. The van der Waals surface area contributed by atoms with Gasteiger partial charge < -0.3 is 19.5 Å². The van der Waals surface area contributed by atoms with Crippen molar-refractivity contribution in [1.29, 1.82) is 0 Å². The highest BCUT2D eigenvalue weighted by atomic mass is 16.5. The zero-order chi connectivity index (χ0) is 18.4. The van der Waals surface area contributed by atoms with Crippen molar-refractivity contribution < 1.29 is 19.0 Å². The van der Waals surface area contributed by atoms with Gasteiger partial charge in [0.05, 0.1) is 20.3 Å². The number of aryl methyl sites for hydroxylation is 2. The maximum atomic E-state index is 12.2. The van der Waals surface area contributed by atoms with E-state index in [2.05, 4.69) is 23.5 Å². The molecule has 0 radical (unpaired) electrons. The van der Waals surface area contributed by atoms with E-state index in [1.165, 1.54) is 5.56 Å². The molecule has 0 unspecified atom stereocenters. The molecule has 0 aliphatic rings. The quantitative estimate of drug-likeness (QED) is 0.835. The van der Waals surface area contributed by atoms with Gasteiger partial charge in [0, 0.05) is 18.2 Å². The van der Waals surface area contributed by atoms with Crippen LogP contribution in [0, 0.1) is 13.8 Å². The Hall–Kier alpha value is -2.69. The first-order chi connectivity index (χ1) is 11.9. The molecule has 0 bridgehead atoms. The summed E-state index contributed by atoms with van der Waals surface area (Å²) in [7, 11) is 3.13. The molecule has 1 N–H and O–H groups in total. The Labute approximate surface area is 148 Å². The molecule has 0 aliphatic carbocycles. The van der Waals surface area contributed by atoms with Crippen LogP contribution in [0.5, 0.6) is 17.2 Å². The maximum absolute atomic E-state index is 12.2. The van der Waals surface area contributed by atoms with Crippen LogP contribution in [-0.2, 0) is 4.79 Å². The monoisotopic (exact) mass is 343 g/mol. The molecule has 0 heterocycles. The predicted octanol–water partition coefficient (Wildman–Crippen LogP) is 3.58. The lowest BCUT2D eigenvalue weighted by molar-refractivity contribution is -0.123. The number of carbonyl (C=O) groups is 1. The number of ether oxygens (including phenoxy) is 3. The molecule has 0 fully saturated rings. The molecule has 5 heteroatoms. The lowest BCUT2D eigenvalue weighted by Crippen LogP contribution is -2.31. The van der Waals surface area contributed by atoms with Crippen molar-refractivity contribution in [1.82, 2.24) is 5.32 Å². The van der Waals surface area contributed by atoms with Gasteiger partial charge in [-0.3, -0.25) is 4.79 Å². The lowest BCUT2D eigenvalue weighted by Gasteiger charge is -2.18. The standard InChI is InChI=1S/C20H25NO4/c1-13-6-7-14(2)19(8-13)15(3)21-20(22)12-25-18-10-16(23-4)9-17(11-18)24-5/h6-11,15H,12H2,1-5H3,(H,21,22)/t15-/m1/s1. The van der Waals surface area contributed by atoms with Crippen molar-refractivity contribution >= 4 is 5.91 Å². The molecule has 1 atom stereocenters. The average molecular weight is 343 g/mol. The minimum Gasteiger partial charge on any atom is -0.496 e. The van der Waals surface area contributed by atoms with Crippen LogP contribution >= 0.6 is 0 Å². The fourth-order valence-electron chi connectivity index (χ4n) is 2.60. The summed E-state index contributed by atoms with van der Waals surface area (Å²) in [4.78, 5) is 12.2. The number of methoxy groups -OCH3 is 2. The van der Waals surface area contributed by atoms with E-state index in [0.29, 0.717) is 17.2 Å². The van der Waals surface area contributed by atoms with Crippen LogP contribution in [0.25, 0.3) is 0 Å². The van der Waals surface area contributed by atoms with Crippen LogP contribution < -0.4 is 19.5 Å². The molecule has 1 amide bonds. The SMILES string of the molecule is COc1cc(OC)cc(OCC(=O)N[C@H](C)c2cc(C)ccc2C)c1. The van der Waals surface area contributed by atoms with Crippen LogP contribution in [-0.4, -0.2) is 26.7 Å². The summed E-state index contributed by atoms with van der Waals surface area (Å²) in [5, 5.41) is 2.97. The smallest absolute Gasteiger partial charge is 0.258 e. The van der Waals surface area contributed by atoms with Crippen LogP contribution in [0.15, 0.2) is 36.4 Å². The largest absolute Gasteiger partial charge is 0.496 e. The second-order valence-electron chi connectivity index (χ2n) is 5.99. The molecule has 2 aromatic carbocycles. The van der Waals surface area contributed by atoms with Crippen LogP contribution in [0.2, 0.25) is 0 Å². The van der Waals surface area contributed by atoms with E-state index in [0.717, 1.165) is 11.1 Å². The molecule has 5 nitrogen and oxygen atoms in total. The van der Waals surface area contributed by atoms with Crippen molar-refractivity contribution in [2.75, 3.05) is 20.8 Å². The fraction of sp³-hybridized carbons (Fsp3) is 0.350. The van der Waals surface area contributed by atoms with Crippen molar-refractivity contribution in [3.8, 4) is 17.2 Å². The van der Waals surface area contributed by atoms with E-state index in [1.54, 1.807) is 32.4 Å². The Kier molecular flexibility index (Phi) is 6.28. The molecule has 134 valence electrons. The topological polar surface area (TPSA) is 56.8 Å². The highest BCUT2D eigenvalue weighted by Gasteiger charge is 2.13. The third-order valence-electron chi connectivity index (χ3n) is 3.97. The Morgan fingerprint density at radius 2 is 1.60 bits per heavy atom. The number of hydrogen-bond donors (Lipinski definition) is 1. The first kappa shape index (κ1) is 18.6. The third kappa shape index (κ3) is 5.14. The summed E-state index contributed by atoms with van der Waals surface area (Å²) in [6.07, 6.45) is 0. The Morgan fingerprint density at radius 1 is 1.00 bits per heavy atom. The summed E-state index contributed by atoms with van der Waals surface area (Å²) in [5.74, 6) is 1.55. The van der Waals surface area contributed by atoms with Gasteiger partial charge in [-0.25, -0.2) is 0 Å². The Balaban J connectivity index is 1.97. The third-order valence-corrected chi connectivity index (χ3v) is 3.97. The van der Waals surface area contributed by atoms with E-state index >= 15 is 0 Å². The number of nitrogens with one attached hydrogen (secondary N) is 1. The van der Waals surface area contributed by atoms with Gasteiger partial charge in [-0.05, 0) is 31.9 Å². The zero-order valence-corrected chi connectivity index (χ0v) is 15.4. The average Bonchev–Trinajstić information content (AvgIpc) is 2.61. The second kappa shape index (κ2) is 8.42. The predicted molar refractivity (Wildman–Crippen MR) is 97.5 cm³/mol. The molecular weight excluding hydrogens is 318 g/mol. The molecule has 0 spiro atoms. The number of rotatable bonds is 7. The van der Waals surface area contributed by atoms with Crippen molar-refractivity contribution in [2.45, 2.75) is 26.8 Å². The first-order valence-electron chi connectivity index (χ1n) is 8.15. The van der Waals surface area contributed by atoms with E-state index in [1.807, 2.05) is 20.8 Å².